The molecule has 0 spiro atoms. The average molecular weight is 496 g/mol. The van der Waals surface area contributed by atoms with E-state index in [1.54, 1.807) is 18.2 Å². The Morgan fingerprint density at radius 3 is 2.06 bits per heavy atom. The summed E-state index contributed by atoms with van der Waals surface area (Å²) in [6, 6.07) is 28.0. The van der Waals surface area contributed by atoms with Gasteiger partial charge < -0.3 is 11.5 Å². The van der Waals surface area contributed by atoms with Gasteiger partial charge in [0.05, 0.1) is 4.53 Å². The highest BCUT2D eigenvalue weighted by atomic mass is 32.1. The van der Waals surface area contributed by atoms with E-state index in [0.717, 1.165) is 11.1 Å². The standard InChI is InChI=1S/C28H21N3O2S2/c29-25-23(26(30)34)21(18-12-6-2-7-13-18)22(24(32)19-14-8-3-9-15-19)28-31(25)27(33)20(35-28)16-17-10-4-1-5-11-17/h1-16,21H,29H2,(H2,30,34)/b20-16+/t21-/m0/s1. The van der Waals surface area contributed by atoms with Gasteiger partial charge in [0.25, 0.3) is 5.56 Å². The zero-order valence-electron chi connectivity index (χ0n) is 18.5. The van der Waals surface area contributed by atoms with Crippen LogP contribution in [0.1, 0.15) is 27.4 Å². The zero-order chi connectivity index (χ0) is 24.5. The van der Waals surface area contributed by atoms with Crippen molar-refractivity contribution >= 4 is 51.8 Å². The molecule has 1 atom stereocenters. The first-order valence-corrected chi connectivity index (χ1v) is 12.2. The number of ketones is 1. The summed E-state index contributed by atoms with van der Waals surface area (Å²) < 4.78 is 2.32. The van der Waals surface area contributed by atoms with Crippen LogP contribution in [0.2, 0.25) is 0 Å². The van der Waals surface area contributed by atoms with E-state index in [1.165, 1.54) is 15.9 Å². The van der Waals surface area contributed by atoms with Gasteiger partial charge in [-0.05, 0) is 17.2 Å². The van der Waals surface area contributed by atoms with Crippen molar-refractivity contribution in [3.05, 3.63) is 133 Å². The van der Waals surface area contributed by atoms with Gasteiger partial charge in [-0.1, -0.05) is 103 Å². The van der Waals surface area contributed by atoms with E-state index in [-0.39, 0.29) is 22.2 Å². The monoisotopic (exact) mass is 495 g/mol. The molecule has 0 radical (unpaired) electrons. The van der Waals surface area contributed by atoms with Crippen molar-refractivity contribution in [2.75, 3.05) is 0 Å². The Kier molecular flexibility index (Phi) is 6.03. The van der Waals surface area contributed by atoms with E-state index in [0.29, 0.717) is 25.9 Å². The molecule has 0 bridgehead atoms. The molecule has 35 heavy (non-hydrogen) atoms. The minimum atomic E-state index is -0.607. The van der Waals surface area contributed by atoms with Crippen LogP contribution < -0.4 is 26.2 Å². The Balaban J connectivity index is 1.91. The predicted octanol–water partition coefficient (Wildman–Crippen LogP) is 2.98. The van der Waals surface area contributed by atoms with Gasteiger partial charge in [-0.15, -0.1) is 11.3 Å². The lowest BCUT2D eigenvalue weighted by Crippen LogP contribution is -2.42. The summed E-state index contributed by atoms with van der Waals surface area (Å²) in [5.41, 5.74) is 15.4. The molecule has 7 heteroatoms. The van der Waals surface area contributed by atoms with Crippen molar-refractivity contribution in [3.63, 3.8) is 0 Å². The third-order valence-corrected chi connectivity index (χ3v) is 7.25. The first kappa shape index (κ1) is 22.7. The van der Waals surface area contributed by atoms with Crippen LogP contribution in [0.4, 0.5) is 0 Å². The van der Waals surface area contributed by atoms with Gasteiger partial charge in [0.1, 0.15) is 15.5 Å². The Labute approximate surface area is 211 Å². The molecule has 4 aromatic rings. The molecule has 0 saturated carbocycles. The molecule has 172 valence electrons. The predicted molar refractivity (Wildman–Crippen MR) is 145 cm³/mol. The Morgan fingerprint density at radius 1 is 0.886 bits per heavy atom. The maximum Gasteiger partial charge on any atom is 0.274 e. The maximum atomic E-state index is 14.0. The molecule has 1 aliphatic rings. The fraction of sp³-hybridized carbons (Fsp3) is 0.0357. The number of thiazole rings is 1. The molecule has 0 unspecified atom stereocenters. The van der Waals surface area contributed by atoms with Gasteiger partial charge in [0, 0.05) is 22.6 Å². The summed E-state index contributed by atoms with van der Waals surface area (Å²) in [7, 11) is 0. The van der Waals surface area contributed by atoms with Gasteiger partial charge >= 0.3 is 0 Å². The SMILES string of the molecule is NC(=S)C1=C(N)n2c(s/c(=C/c3ccccc3)c2=O)=C(C(=O)c2ccccc2)[C@@H]1c1ccccc1. The average Bonchev–Trinajstić information content (AvgIpc) is 3.20. The number of hydrogen-bond acceptors (Lipinski definition) is 5. The fourth-order valence-corrected chi connectivity index (χ4v) is 5.74. The van der Waals surface area contributed by atoms with Crippen LogP contribution >= 0.6 is 23.6 Å². The van der Waals surface area contributed by atoms with E-state index in [2.05, 4.69) is 0 Å². The van der Waals surface area contributed by atoms with Crippen LogP contribution in [0.5, 0.6) is 0 Å². The molecule has 3 aromatic carbocycles. The third kappa shape index (κ3) is 4.05. The molecule has 0 amide bonds. The van der Waals surface area contributed by atoms with Crippen LogP contribution in [-0.4, -0.2) is 15.3 Å². The second-order valence-corrected chi connectivity index (χ2v) is 9.55. The molecule has 0 fully saturated rings. The smallest absolute Gasteiger partial charge is 0.274 e. The number of rotatable bonds is 5. The van der Waals surface area contributed by atoms with Crippen LogP contribution in [0, 0.1) is 0 Å². The van der Waals surface area contributed by atoms with Crippen molar-refractivity contribution < 1.29 is 4.79 Å². The summed E-state index contributed by atoms with van der Waals surface area (Å²) in [5, 5.41) is 0. The second-order valence-electron chi connectivity index (χ2n) is 8.08. The van der Waals surface area contributed by atoms with Gasteiger partial charge in [-0.25, -0.2) is 0 Å². The minimum Gasteiger partial charge on any atom is -0.390 e. The van der Waals surface area contributed by atoms with Crippen molar-refractivity contribution in [2.24, 2.45) is 11.5 Å². The lowest BCUT2D eigenvalue weighted by Gasteiger charge is -2.28. The van der Waals surface area contributed by atoms with Crippen molar-refractivity contribution in [1.82, 2.24) is 4.57 Å². The Hall–Kier alpha value is -4.07. The second kappa shape index (κ2) is 9.29. The first-order valence-electron chi connectivity index (χ1n) is 10.9. The first-order chi connectivity index (χ1) is 17.0. The molecular formula is C28H21N3O2S2. The van der Waals surface area contributed by atoms with E-state index < -0.39 is 5.92 Å². The zero-order valence-corrected chi connectivity index (χ0v) is 20.2. The number of nitrogens with zero attached hydrogens (tertiary/aromatic N) is 1. The number of nitrogens with two attached hydrogens (primary N) is 2. The lowest BCUT2D eigenvalue weighted by molar-refractivity contribution is 0.105. The van der Waals surface area contributed by atoms with Crippen molar-refractivity contribution in [2.45, 2.75) is 5.92 Å². The Morgan fingerprint density at radius 2 is 1.46 bits per heavy atom. The molecule has 1 aliphatic heterocycles. The Bertz CT molecular complexity index is 1650. The minimum absolute atomic E-state index is 0.0482. The van der Waals surface area contributed by atoms with Crippen LogP contribution in [0.15, 0.2) is 101 Å². The summed E-state index contributed by atoms with van der Waals surface area (Å²) in [5.74, 6) is -0.661. The quantitative estimate of drug-likeness (QED) is 0.328. The largest absolute Gasteiger partial charge is 0.390 e. The normalized spacial score (nSPS) is 15.7. The highest BCUT2D eigenvalue weighted by Gasteiger charge is 2.36. The summed E-state index contributed by atoms with van der Waals surface area (Å²) in [6.45, 7) is 0. The van der Waals surface area contributed by atoms with Crippen molar-refractivity contribution in [1.29, 1.82) is 0 Å². The van der Waals surface area contributed by atoms with Crippen LogP contribution in [0.25, 0.3) is 17.5 Å². The topological polar surface area (TPSA) is 91.1 Å². The number of Topliss-reactive ketones (excluding diaryl/α,β-unsaturated/α-hetero) is 1. The summed E-state index contributed by atoms with van der Waals surface area (Å²) in [6.07, 6.45) is 1.80. The van der Waals surface area contributed by atoms with E-state index in [1.807, 2.05) is 78.9 Å². The highest BCUT2D eigenvalue weighted by molar-refractivity contribution is 7.80. The van der Waals surface area contributed by atoms with Crippen LogP contribution in [0.3, 0.4) is 0 Å². The number of benzene rings is 3. The van der Waals surface area contributed by atoms with E-state index in [9.17, 15) is 9.59 Å². The van der Waals surface area contributed by atoms with Gasteiger partial charge in [-0.2, -0.15) is 0 Å². The van der Waals surface area contributed by atoms with Crippen LogP contribution in [-0.2, 0) is 0 Å². The number of aromatic nitrogens is 1. The fourth-order valence-electron chi connectivity index (χ4n) is 4.34. The molecule has 5 nitrogen and oxygen atoms in total. The molecule has 1 aromatic heterocycles. The summed E-state index contributed by atoms with van der Waals surface area (Å²) >= 11 is 6.65. The third-order valence-electron chi connectivity index (χ3n) is 5.92. The number of carbonyl (C=O) groups is 1. The maximum absolute atomic E-state index is 14.0. The summed E-state index contributed by atoms with van der Waals surface area (Å²) in [4.78, 5) is 27.6. The molecule has 2 heterocycles. The van der Waals surface area contributed by atoms with Gasteiger partial charge in [0.2, 0.25) is 0 Å². The van der Waals surface area contributed by atoms with Gasteiger partial charge in [0.15, 0.2) is 5.78 Å². The molecule has 0 aliphatic carbocycles. The van der Waals surface area contributed by atoms with E-state index in [4.69, 9.17) is 23.7 Å². The number of carbonyl (C=O) groups excluding carboxylic acids is 1. The number of fused-ring (bicyclic) bond motifs is 1. The highest BCUT2D eigenvalue weighted by Crippen LogP contribution is 2.38. The molecule has 4 N–H and O–H groups in total. The van der Waals surface area contributed by atoms with Crippen molar-refractivity contribution in [3.8, 4) is 0 Å². The molecule has 0 saturated heterocycles. The van der Waals surface area contributed by atoms with E-state index >= 15 is 0 Å². The number of hydrogen-bond donors (Lipinski definition) is 2. The molecular weight excluding hydrogens is 474 g/mol. The molecule has 5 rings (SSSR count). The number of thiocarbonyl (C=S) groups is 1. The van der Waals surface area contributed by atoms with Gasteiger partial charge in [-0.3, -0.25) is 14.2 Å². The lowest BCUT2D eigenvalue weighted by atomic mass is 9.80.